The lowest BCUT2D eigenvalue weighted by atomic mass is 10.0. The van der Waals surface area contributed by atoms with Crippen molar-refractivity contribution in [3.05, 3.63) is 72.9 Å². The number of hydrogen-bond acceptors (Lipinski definition) is 6. The standard InChI is InChI=1S/C69H122O6/c1-4-7-10-13-16-19-22-25-27-28-29-30-31-32-33-34-35-36-37-38-39-40-42-44-47-50-53-56-59-62-68(71)74-65-66(64-73-67(70)61-58-55-52-49-46-43-24-21-18-15-12-9-6-3)75-69(72)63-60-57-54-51-48-45-41-26-23-20-17-14-11-8-5-2/h8,11-12,15,17,20-21,24,26,28-29,41,66H,4-7,9-10,13-14,16,18-19,22-23,25,27,30-40,42-65H2,1-3H3/b11-8-,15-12-,20-17-,24-21-,29-28-,41-26-. The molecular formula is C69H122O6. The minimum absolute atomic E-state index is 0.0850. The van der Waals surface area contributed by atoms with Crippen molar-refractivity contribution in [3.8, 4) is 0 Å². The third kappa shape index (κ3) is 61.6. The highest BCUT2D eigenvalue weighted by molar-refractivity contribution is 5.71. The van der Waals surface area contributed by atoms with Crippen molar-refractivity contribution in [2.24, 2.45) is 0 Å². The van der Waals surface area contributed by atoms with Crippen LogP contribution in [0.3, 0.4) is 0 Å². The molecular weight excluding hydrogens is 925 g/mol. The van der Waals surface area contributed by atoms with Crippen molar-refractivity contribution in [1.29, 1.82) is 0 Å². The zero-order valence-corrected chi connectivity index (χ0v) is 49.8. The first-order valence-electron chi connectivity index (χ1n) is 32.4. The minimum Gasteiger partial charge on any atom is -0.462 e. The summed E-state index contributed by atoms with van der Waals surface area (Å²) in [4.78, 5) is 38.2. The predicted molar refractivity (Wildman–Crippen MR) is 325 cm³/mol. The number of allylic oxidation sites excluding steroid dienone is 12. The predicted octanol–water partition coefficient (Wildman–Crippen LogP) is 22.1. The van der Waals surface area contributed by atoms with E-state index >= 15 is 0 Å². The molecule has 0 aromatic carbocycles. The molecule has 75 heavy (non-hydrogen) atoms. The van der Waals surface area contributed by atoms with Gasteiger partial charge in [-0.05, 0) is 103 Å². The summed E-state index contributed by atoms with van der Waals surface area (Å²) in [5.74, 6) is -0.905. The molecule has 1 atom stereocenters. The molecule has 6 heteroatoms. The van der Waals surface area contributed by atoms with E-state index < -0.39 is 6.10 Å². The van der Waals surface area contributed by atoms with Crippen LogP contribution in [0, 0.1) is 0 Å². The van der Waals surface area contributed by atoms with Gasteiger partial charge >= 0.3 is 17.9 Å². The molecule has 434 valence electrons. The van der Waals surface area contributed by atoms with Crippen molar-refractivity contribution < 1.29 is 28.6 Å². The van der Waals surface area contributed by atoms with Crippen molar-refractivity contribution in [2.45, 2.75) is 335 Å². The first kappa shape index (κ1) is 71.8. The fourth-order valence-corrected chi connectivity index (χ4v) is 9.32. The van der Waals surface area contributed by atoms with E-state index in [2.05, 4.69) is 93.7 Å². The van der Waals surface area contributed by atoms with Gasteiger partial charge in [0.25, 0.3) is 0 Å². The Morgan fingerprint density at radius 3 is 0.880 bits per heavy atom. The first-order valence-corrected chi connectivity index (χ1v) is 32.4. The fraction of sp³-hybridized carbons (Fsp3) is 0.783. The van der Waals surface area contributed by atoms with E-state index in [1.165, 1.54) is 161 Å². The molecule has 0 saturated carbocycles. The second kappa shape index (κ2) is 63.4. The molecule has 0 aliphatic carbocycles. The molecule has 0 aliphatic rings. The number of hydrogen-bond donors (Lipinski definition) is 0. The molecule has 0 rings (SSSR count). The summed E-state index contributed by atoms with van der Waals surface area (Å²) in [5, 5.41) is 0. The monoisotopic (exact) mass is 1050 g/mol. The third-order valence-electron chi connectivity index (χ3n) is 14.1. The molecule has 0 spiro atoms. The molecule has 0 heterocycles. The molecule has 0 N–H and O–H groups in total. The van der Waals surface area contributed by atoms with Gasteiger partial charge < -0.3 is 14.2 Å². The van der Waals surface area contributed by atoms with Gasteiger partial charge in [-0.25, -0.2) is 0 Å². The maximum absolute atomic E-state index is 12.9. The molecule has 0 fully saturated rings. The van der Waals surface area contributed by atoms with Crippen LogP contribution in [0.5, 0.6) is 0 Å². The Labute approximate surface area is 465 Å². The van der Waals surface area contributed by atoms with Crippen molar-refractivity contribution in [3.63, 3.8) is 0 Å². The van der Waals surface area contributed by atoms with E-state index in [4.69, 9.17) is 14.2 Å². The van der Waals surface area contributed by atoms with Gasteiger partial charge in [-0.15, -0.1) is 0 Å². The van der Waals surface area contributed by atoms with Crippen molar-refractivity contribution in [2.75, 3.05) is 13.2 Å². The van der Waals surface area contributed by atoms with E-state index in [0.717, 1.165) is 128 Å². The topological polar surface area (TPSA) is 78.9 Å². The van der Waals surface area contributed by atoms with Crippen LogP contribution in [0.15, 0.2) is 72.9 Å². The quantitative estimate of drug-likeness (QED) is 0.0261. The molecule has 0 bridgehead atoms. The number of rotatable bonds is 59. The van der Waals surface area contributed by atoms with Gasteiger partial charge in [0.1, 0.15) is 13.2 Å². The maximum Gasteiger partial charge on any atom is 0.306 e. The Hall–Kier alpha value is -3.15. The molecule has 0 saturated heterocycles. The summed E-state index contributed by atoms with van der Waals surface area (Å²) < 4.78 is 16.9. The van der Waals surface area contributed by atoms with Gasteiger partial charge in [0.05, 0.1) is 0 Å². The maximum atomic E-state index is 12.9. The Bertz CT molecular complexity index is 1390. The first-order chi connectivity index (χ1) is 37.0. The van der Waals surface area contributed by atoms with E-state index in [-0.39, 0.29) is 31.1 Å². The number of carbonyl (C=O) groups is 3. The molecule has 0 amide bonds. The van der Waals surface area contributed by atoms with Gasteiger partial charge in [0.15, 0.2) is 6.10 Å². The molecule has 0 aromatic rings. The minimum atomic E-state index is -0.790. The highest BCUT2D eigenvalue weighted by Crippen LogP contribution is 2.17. The zero-order valence-electron chi connectivity index (χ0n) is 49.8. The summed E-state index contributed by atoms with van der Waals surface area (Å²) in [7, 11) is 0. The lowest BCUT2D eigenvalue weighted by Gasteiger charge is -2.18. The number of carbonyl (C=O) groups excluding carboxylic acids is 3. The fourth-order valence-electron chi connectivity index (χ4n) is 9.32. The normalized spacial score (nSPS) is 12.5. The Morgan fingerprint density at radius 2 is 0.547 bits per heavy atom. The number of unbranched alkanes of at least 4 members (excludes halogenated alkanes) is 36. The largest absolute Gasteiger partial charge is 0.462 e. The lowest BCUT2D eigenvalue weighted by molar-refractivity contribution is -0.167. The van der Waals surface area contributed by atoms with Gasteiger partial charge in [-0.1, -0.05) is 280 Å². The van der Waals surface area contributed by atoms with Crippen LogP contribution in [-0.4, -0.2) is 37.2 Å². The van der Waals surface area contributed by atoms with E-state index in [1.807, 2.05) is 0 Å². The van der Waals surface area contributed by atoms with Crippen LogP contribution in [0.2, 0.25) is 0 Å². The van der Waals surface area contributed by atoms with Crippen LogP contribution in [0.25, 0.3) is 0 Å². The SMILES string of the molecule is CC/C=C\C/C=C\C/C=C\CCCCCCCC(=O)OC(COC(=O)CCCCCCC/C=C\C/C=C\CCC)COC(=O)CCCCCCCCCCCCCCCCCCC/C=C\CCCCCCCCCC. The molecule has 0 radical (unpaired) electrons. The summed E-state index contributed by atoms with van der Waals surface area (Å²) in [6.07, 6.45) is 82.2. The van der Waals surface area contributed by atoms with Gasteiger partial charge in [0.2, 0.25) is 0 Å². The highest BCUT2D eigenvalue weighted by Gasteiger charge is 2.19. The average Bonchev–Trinajstić information content (AvgIpc) is 3.41. The summed E-state index contributed by atoms with van der Waals surface area (Å²) in [6, 6.07) is 0. The molecule has 0 aromatic heterocycles. The van der Waals surface area contributed by atoms with Crippen molar-refractivity contribution in [1.82, 2.24) is 0 Å². The summed E-state index contributed by atoms with van der Waals surface area (Å²) in [6.45, 7) is 6.47. The van der Waals surface area contributed by atoms with E-state index in [0.29, 0.717) is 19.3 Å². The van der Waals surface area contributed by atoms with Gasteiger partial charge in [-0.2, -0.15) is 0 Å². The Balaban J connectivity index is 4.19. The molecule has 0 aliphatic heterocycles. The highest BCUT2D eigenvalue weighted by atomic mass is 16.6. The van der Waals surface area contributed by atoms with Gasteiger partial charge in [-0.3, -0.25) is 14.4 Å². The Kier molecular flexibility index (Phi) is 60.7. The van der Waals surface area contributed by atoms with Crippen LogP contribution >= 0.6 is 0 Å². The summed E-state index contributed by atoms with van der Waals surface area (Å²) in [5.41, 5.74) is 0. The zero-order chi connectivity index (χ0) is 54.3. The van der Waals surface area contributed by atoms with E-state index in [1.54, 1.807) is 0 Å². The number of esters is 3. The Morgan fingerprint density at radius 1 is 0.280 bits per heavy atom. The van der Waals surface area contributed by atoms with Crippen LogP contribution in [-0.2, 0) is 28.6 Å². The lowest BCUT2D eigenvalue weighted by Crippen LogP contribution is -2.30. The molecule has 1 unspecified atom stereocenters. The second-order valence-electron chi connectivity index (χ2n) is 21.6. The number of ether oxygens (including phenoxy) is 3. The van der Waals surface area contributed by atoms with Crippen LogP contribution in [0.1, 0.15) is 329 Å². The second-order valence-corrected chi connectivity index (χ2v) is 21.6. The van der Waals surface area contributed by atoms with Crippen LogP contribution in [0.4, 0.5) is 0 Å². The van der Waals surface area contributed by atoms with E-state index in [9.17, 15) is 14.4 Å². The molecule has 6 nitrogen and oxygen atoms in total. The van der Waals surface area contributed by atoms with Crippen LogP contribution < -0.4 is 0 Å². The third-order valence-corrected chi connectivity index (χ3v) is 14.1. The summed E-state index contributed by atoms with van der Waals surface area (Å²) >= 11 is 0. The van der Waals surface area contributed by atoms with Crippen molar-refractivity contribution >= 4 is 17.9 Å². The smallest absolute Gasteiger partial charge is 0.306 e. The average molecular weight is 1050 g/mol. The van der Waals surface area contributed by atoms with Gasteiger partial charge in [0, 0.05) is 19.3 Å².